The molecule has 35 heavy (non-hydrogen) atoms. The van der Waals surface area contributed by atoms with Crippen molar-refractivity contribution >= 4 is 23.8 Å². The Kier molecular flexibility index (Phi) is 8.18. The second kappa shape index (κ2) is 11.3. The van der Waals surface area contributed by atoms with Crippen LogP contribution < -0.4 is 20.9 Å². The van der Waals surface area contributed by atoms with Gasteiger partial charge in [-0.3, -0.25) is 25.2 Å². The maximum absolute atomic E-state index is 14.8. The zero-order chi connectivity index (χ0) is 25.5. The number of hydrazine groups is 1. The molecule has 2 atom stereocenters. The lowest BCUT2D eigenvalue weighted by Crippen LogP contribution is -2.48. The highest BCUT2D eigenvalue weighted by Crippen LogP contribution is 2.34. The van der Waals surface area contributed by atoms with Gasteiger partial charge in [-0.1, -0.05) is 30.3 Å². The molecule has 0 bridgehead atoms. The molecule has 0 radical (unpaired) electrons. The lowest BCUT2D eigenvalue weighted by atomic mass is 9.93. The van der Waals surface area contributed by atoms with E-state index in [2.05, 4.69) is 16.2 Å². The number of hydrogen-bond acceptors (Lipinski definition) is 6. The minimum absolute atomic E-state index is 0.0635. The molecule has 1 saturated heterocycles. The summed E-state index contributed by atoms with van der Waals surface area (Å²) in [6, 6.07) is 9.27. The summed E-state index contributed by atoms with van der Waals surface area (Å²) < 4.78 is 39.7. The van der Waals surface area contributed by atoms with Gasteiger partial charge in [0.2, 0.25) is 11.8 Å². The van der Waals surface area contributed by atoms with Crippen molar-refractivity contribution in [3.63, 3.8) is 0 Å². The lowest BCUT2D eigenvalue weighted by Gasteiger charge is -2.20. The summed E-state index contributed by atoms with van der Waals surface area (Å²) in [7, 11) is 1.25. The Morgan fingerprint density at radius 3 is 2.34 bits per heavy atom. The van der Waals surface area contributed by atoms with E-state index in [9.17, 15) is 28.0 Å². The summed E-state index contributed by atoms with van der Waals surface area (Å²) in [4.78, 5) is 49.6. The summed E-state index contributed by atoms with van der Waals surface area (Å²) in [6.45, 7) is 0.280. The molecule has 4 amide bonds. The van der Waals surface area contributed by atoms with E-state index in [1.54, 1.807) is 30.3 Å². The number of rotatable bonds is 7. The number of nitrogens with zero attached hydrogens (tertiary/aromatic N) is 1. The number of hydrogen-bond donors (Lipinski definition) is 3. The van der Waals surface area contributed by atoms with E-state index in [4.69, 9.17) is 9.47 Å². The monoisotopic (exact) mass is 490 g/mol. The maximum Gasteiger partial charge on any atom is 0.408 e. The molecule has 1 heterocycles. The number of benzene rings is 2. The predicted octanol–water partition coefficient (Wildman–Crippen LogP) is 1.36. The normalized spacial score (nSPS) is 17.0. The minimum atomic E-state index is -1.41. The van der Waals surface area contributed by atoms with Gasteiger partial charge in [0.15, 0.2) is 0 Å². The number of halogens is 2. The quantitative estimate of drug-likeness (QED) is 0.504. The molecule has 10 nitrogen and oxygen atoms in total. The number of carbonyl (C=O) groups excluding carboxylic acids is 4. The third-order valence-electron chi connectivity index (χ3n) is 5.25. The Hall–Kier alpha value is -4.22. The molecule has 3 rings (SSSR count). The average molecular weight is 490 g/mol. The van der Waals surface area contributed by atoms with Crippen molar-refractivity contribution in [1.82, 2.24) is 21.1 Å². The average Bonchev–Trinajstić information content (AvgIpc) is 3.11. The van der Waals surface area contributed by atoms with Crippen molar-refractivity contribution in [2.45, 2.75) is 25.5 Å². The van der Waals surface area contributed by atoms with Crippen molar-refractivity contribution in [3.05, 3.63) is 65.2 Å². The van der Waals surface area contributed by atoms with Crippen LogP contribution in [0.2, 0.25) is 0 Å². The largest absolute Gasteiger partial charge is 0.497 e. The fraction of sp³-hybridized carbons (Fsp3) is 0.304. The number of carbonyl (C=O) groups is 4. The van der Waals surface area contributed by atoms with Crippen LogP contribution in [0.15, 0.2) is 42.5 Å². The third kappa shape index (κ3) is 6.43. The van der Waals surface area contributed by atoms with Gasteiger partial charge in [-0.15, -0.1) is 0 Å². The van der Waals surface area contributed by atoms with Gasteiger partial charge < -0.3 is 19.7 Å². The highest BCUT2D eigenvalue weighted by Gasteiger charge is 2.45. The van der Waals surface area contributed by atoms with Gasteiger partial charge in [-0.2, -0.15) is 0 Å². The first-order valence-electron chi connectivity index (χ1n) is 10.5. The first kappa shape index (κ1) is 25.4. The van der Waals surface area contributed by atoms with E-state index in [0.717, 1.165) is 17.0 Å². The maximum atomic E-state index is 14.8. The predicted molar refractivity (Wildman–Crippen MR) is 118 cm³/mol. The Bertz CT molecular complexity index is 1090. The van der Waals surface area contributed by atoms with Gasteiger partial charge >= 0.3 is 6.09 Å². The van der Waals surface area contributed by atoms with Crippen LogP contribution in [0.3, 0.4) is 0 Å². The number of ether oxygens (including phenoxy) is 2. The van der Waals surface area contributed by atoms with Crippen LogP contribution in [0, 0.1) is 11.6 Å². The summed E-state index contributed by atoms with van der Waals surface area (Å²) >= 11 is 0. The second-order valence-electron chi connectivity index (χ2n) is 7.74. The first-order valence-corrected chi connectivity index (χ1v) is 10.5. The van der Waals surface area contributed by atoms with Crippen molar-refractivity contribution < 1.29 is 37.4 Å². The van der Waals surface area contributed by atoms with Gasteiger partial charge in [-0.25, -0.2) is 13.6 Å². The van der Waals surface area contributed by atoms with Gasteiger partial charge in [-0.05, 0) is 5.56 Å². The molecule has 2 unspecified atom stereocenters. The highest BCUT2D eigenvalue weighted by molar-refractivity contribution is 5.92. The van der Waals surface area contributed by atoms with Crippen molar-refractivity contribution in [2.75, 3.05) is 20.2 Å². The van der Waals surface area contributed by atoms with Crippen LogP contribution in [0.4, 0.5) is 13.6 Å². The number of methoxy groups -OCH3 is 1. The molecule has 0 aromatic heterocycles. The van der Waals surface area contributed by atoms with Crippen LogP contribution >= 0.6 is 0 Å². The van der Waals surface area contributed by atoms with Crippen LogP contribution in [0.1, 0.15) is 24.0 Å². The number of alkyl carbamates (subject to hydrolysis) is 1. The Balaban J connectivity index is 1.81. The molecule has 12 heteroatoms. The Morgan fingerprint density at radius 1 is 1.09 bits per heavy atom. The zero-order valence-corrected chi connectivity index (χ0v) is 19.0. The van der Waals surface area contributed by atoms with Crippen LogP contribution in [-0.2, 0) is 25.7 Å². The summed E-state index contributed by atoms with van der Waals surface area (Å²) in [6.07, 6.45) is -0.976. The number of likely N-dealkylation sites (tertiary alicyclic amines) is 1. The molecule has 0 aliphatic carbocycles. The van der Waals surface area contributed by atoms with E-state index in [0.29, 0.717) is 5.56 Å². The van der Waals surface area contributed by atoms with Gasteiger partial charge in [0.25, 0.3) is 5.91 Å². The van der Waals surface area contributed by atoms with E-state index >= 15 is 0 Å². The van der Waals surface area contributed by atoms with Crippen LogP contribution in [0.25, 0.3) is 0 Å². The van der Waals surface area contributed by atoms with Crippen LogP contribution in [-0.4, -0.2) is 55.0 Å². The molecular formula is C23H24F2N4O6. The molecule has 0 saturated carbocycles. The first-order chi connectivity index (χ1) is 16.7. The van der Waals surface area contributed by atoms with Crippen molar-refractivity contribution in [2.24, 2.45) is 0 Å². The Labute approximate surface area is 199 Å². The topological polar surface area (TPSA) is 126 Å². The fourth-order valence-electron chi connectivity index (χ4n) is 3.66. The minimum Gasteiger partial charge on any atom is -0.497 e. The molecule has 1 aliphatic rings. The molecule has 0 spiro atoms. The molecule has 2 aromatic carbocycles. The van der Waals surface area contributed by atoms with Gasteiger partial charge in [0, 0.05) is 37.1 Å². The molecule has 1 aliphatic heterocycles. The van der Waals surface area contributed by atoms with E-state index in [1.807, 2.05) is 0 Å². The summed E-state index contributed by atoms with van der Waals surface area (Å²) in [5.41, 5.74) is 4.44. The van der Waals surface area contributed by atoms with Crippen molar-refractivity contribution in [1.29, 1.82) is 0 Å². The molecular weight excluding hydrogens is 466 g/mol. The summed E-state index contributed by atoms with van der Waals surface area (Å²) in [5, 5.41) is 2.37. The van der Waals surface area contributed by atoms with Gasteiger partial charge in [0.1, 0.15) is 36.6 Å². The lowest BCUT2D eigenvalue weighted by molar-refractivity contribution is -0.135. The second-order valence-corrected chi connectivity index (χ2v) is 7.74. The van der Waals surface area contributed by atoms with Crippen LogP contribution in [0.5, 0.6) is 5.75 Å². The van der Waals surface area contributed by atoms with E-state index < -0.39 is 59.5 Å². The number of nitrogens with one attached hydrogen (secondary N) is 3. The highest BCUT2D eigenvalue weighted by atomic mass is 19.1. The standard InChI is InChI=1S/C23H24F2N4O6/c1-13(30)27-28-19(31)11-29-10-16(20-17(24)8-15(34-2)9-18(20)25)21(22(29)32)26-23(33)35-12-14-6-4-3-5-7-14/h3-9,16,21H,10-12H2,1-2H3,(H,26,33)(H,27,30)(H,28,31). The smallest absolute Gasteiger partial charge is 0.408 e. The zero-order valence-electron chi connectivity index (χ0n) is 19.0. The SMILES string of the molecule is COc1cc(F)c(C2CN(CC(=O)NNC(C)=O)C(=O)C2NC(=O)OCc2ccccc2)c(F)c1. The molecule has 1 fully saturated rings. The molecule has 3 N–H and O–H groups in total. The third-order valence-corrected chi connectivity index (χ3v) is 5.25. The summed E-state index contributed by atoms with van der Waals surface area (Å²) in [5.74, 6) is -5.22. The van der Waals surface area contributed by atoms with E-state index in [-0.39, 0.29) is 18.9 Å². The Morgan fingerprint density at radius 2 is 1.74 bits per heavy atom. The van der Waals surface area contributed by atoms with E-state index in [1.165, 1.54) is 14.0 Å². The molecule has 2 aromatic rings. The molecule has 186 valence electrons. The number of amides is 4. The van der Waals surface area contributed by atoms with Crippen molar-refractivity contribution in [3.8, 4) is 5.75 Å². The van der Waals surface area contributed by atoms with Gasteiger partial charge in [0.05, 0.1) is 7.11 Å². The fourth-order valence-corrected chi connectivity index (χ4v) is 3.66.